The van der Waals surface area contributed by atoms with E-state index in [4.69, 9.17) is 0 Å². The van der Waals surface area contributed by atoms with E-state index in [1.165, 1.54) is 11.3 Å². The van der Waals surface area contributed by atoms with Crippen LogP contribution in [0, 0.1) is 0 Å². The number of benzene rings is 1. The van der Waals surface area contributed by atoms with Crippen LogP contribution in [0.25, 0.3) is 11.2 Å². The molecule has 0 saturated heterocycles. The van der Waals surface area contributed by atoms with E-state index in [-0.39, 0.29) is 5.92 Å². The Morgan fingerprint density at radius 2 is 2.05 bits per heavy atom. The van der Waals surface area contributed by atoms with E-state index in [0.29, 0.717) is 0 Å². The largest absolute Gasteiger partial charge is 0.384 e. The van der Waals surface area contributed by atoms with Crippen molar-refractivity contribution in [1.29, 1.82) is 0 Å². The van der Waals surface area contributed by atoms with Crippen molar-refractivity contribution in [1.82, 2.24) is 15.0 Å². The highest BCUT2D eigenvalue weighted by atomic mass is 15.1. The molecular formula is C15H15N5. The van der Waals surface area contributed by atoms with Gasteiger partial charge in [0.15, 0.2) is 5.65 Å². The average molecular weight is 265 g/mol. The van der Waals surface area contributed by atoms with Crippen LogP contribution in [0.3, 0.4) is 0 Å². The lowest BCUT2D eigenvalue weighted by Gasteiger charge is -2.05. The monoisotopic (exact) mass is 265 g/mol. The van der Waals surface area contributed by atoms with Gasteiger partial charge in [0, 0.05) is 19.3 Å². The molecule has 100 valence electrons. The third kappa shape index (κ3) is 1.63. The number of aromatic amines is 1. The number of rotatable bonds is 2. The van der Waals surface area contributed by atoms with Crippen LogP contribution >= 0.6 is 0 Å². The lowest BCUT2D eigenvalue weighted by molar-refractivity contribution is 0.835. The van der Waals surface area contributed by atoms with E-state index >= 15 is 0 Å². The molecule has 5 heteroatoms. The van der Waals surface area contributed by atoms with Crippen LogP contribution in [0.2, 0.25) is 0 Å². The Morgan fingerprint density at radius 1 is 1.15 bits per heavy atom. The molecule has 0 fully saturated rings. The second kappa shape index (κ2) is 4.23. The summed E-state index contributed by atoms with van der Waals surface area (Å²) >= 11 is 0. The van der Waals surface area contributed by atoms with E-state index < -0.39 is 0 Å². The first kappa shape index (κ1) is 11.3. The second-order valence-corrected chi connectivity index (χ2v) is 4.96. The van der Waals surface area contributed by atoms with Gasteiger partial charge in [-0.3, -0.25) is 0 Å². The minimum absolute atomic E-state index is 0.262. The van der Waals surface area contributed by atoms with Gasteiger partial charge in [0.2, 0.25) is 0 Å². The zero-order valence-electron chi connectivity index (χ0n) is 11.1. The van der Waals surface area contributed by atoms with Gasteiger partial charge in [-0.2, -0.15) is 0 Å². The number of nitrogens with one attached hydrogen (secondary N) is 3. The summed E-state index contributed by atoms with van der Waals surface area (Å²) < 4.78 is 0. The lowest BCUT2D eigenvalue weighted by Crippen LogP contribution is -2.05. The summed E-state index contributed by atoms with van der Waals surface area (Å²) in [6, 6.07) is 12.3. The topological polar surface area (TPSA) is 65.6 Å². The van der Waals surface area contributed by atoms with E-state index in [2.05, 4.69) is 43.8 Å². The third-order valence-electron chi connectivity index (χ3n) is 3.78. The van der Waals surface area contributed by atoms with Gasteiger partial charge in [0.05, 0.1) is 11.4 Å². The molecule has 0 aliphatic carbocycles. The van der Waals surface area contributed by atoms with Crippen molar-refractivity contribution in [3.63, 3.8) is 0 Å². The van der Waals surface area contributed by atoms with E-state index in [0.717, 1.165) is 29.4 Å². The normalized spacial score (nSPS) is 16.9. The summed E-state index contributed by atoms with van der Waals surface area (Å²) in [5, 5.41) is 6.46. The molecule has 1 aliphatic rings. The fraction of sp³-hybridized carbons (Fsp3) is 0.200. The maximum atomic E-state index is 4.66. The summed E-state index contributed by atoms with van der Waals surface area (Å²) in [5.74, 6) is 2.07. The van der Waals surface area contributed by atoms with E-state index in [1.807, 2.05) is 25.2 Å². The van der Waals surface area contributed by atoms with Crippen LogP contribution in [0.5, 0.6) is 0 Å². The van der Waals surface area contributed by atoms with Crippen molar-refractivity contribution in [2.45, 2.75) is 5.92 Å². The number of imidazole rings is 1. The number of aromatic nitrogens is 3. The number of para-hydroxylation sites is 1. The molecule has 1 atom stereocenters. The molecule has 5 nitrogen and oxygen atoms in total. The number of hydrogen-bond acceptors (Lipinski definition) is 4. The van der Waals surface area contributed by atoms with Crippen LogP contribution in [-0.2, 0) is 0 Å². The summed E-state index contributed by atoms with van der Waals surface area (Å²) in [6.45, 7) is 0.873. The van der Waals surface area contributed by atoms with Crippen molar-refractivity contribution in [2.24, 2.45) is 0 Å². The summed E-state index contributed by atoms with van der Waals surface area (Å²) in [6.07, 6.45) is 0. The van der Waals surface area contributed by atoms with Crippen LogP contribution in [0.4, 0.5) is 11.5 Å². The summed E-state index contributed by atoms with van der Waals surface area (Å²) in [5.41, 5.74) is 4.22. The molecular weight excluding hydrogens is 250 g/mol. The first-order chi connectivity index (χ1) is 9.85. The van der Waals surface area contributed by atoms with Gasteiger partial charge in [-0.05, 0) is 23.8 Å². The number of anilines is 2. The fourth-order valence-electron chi connectivity index (χ4n) is 2.74. The van der Waals surface area contributed by atoms with Gasteiger partial charge in [-0.1, -0.05) is 18.2 Å². The molecule has 3 N–H and O–H groups in total. The lowest BCUT2D eigenvalue weighted by atomic mass is 10.0. The van der Waals surface area contributed by atoms with Gasteiger partial charge >= 0.3 is 0 Å². The molecule has 0 radical (unpaired) electrons. The molecule has 1 aromatic carbocycles. The van der Waals surface area contributed by atoms with Crippen molar-refractivity contribution in [3.8, 4) is 0 Å². The SMILES string of the molecule is CNc1ccc2[nH]c(C3CNc4ccccc43)nc2n1. The highest BCUT2D eigenvalue weighted by molar-refractivity contribution is 5.73. The molecule has 0 saturated carbocycles. The van der Waals surface area contributed by atoms with Crippen molar-refractivity contribution < 1.29 is 0 Å². The van der Waals surface area contributed by atoms with Gasteiger partial charge in [-0.25, -0.2) is 9.97 Å². The molecule has 2 aromatic heterocycles. The average Bonchev–Trinajstić information content (AvgIpc) is 3.09. The predicted molar refractivity (Wildman–Crippen MR) is 80.2 cm³/mol. The summed E-state index contributed by atoms with van der Waals surface area (Å²) in [4.78, 5) is 12.5. The molecule has 0 amide bonds. The zero-order chi connectivity index (χ0) is 13.5. The minimum Gasteiger partial charge on any atom is -0.384 e. The maximum absolute atomic E-state index is 4.66. The minimum atomic E-state index is 0.262. The van der Waals surface area contributed by atoms with Crippen LogP contribution in [0.1, 0.15) is 17.3 Å². The van der Waals surface area contributed by atoms with Crippen molar-refractivity contribution in [2.75, 3.05) is 24.2 Å². The first-order valence-electron chi connectivity index (χ1n) is 6.72. The highest BCUT2D eigenvalue weighted by Gasteiger charge is 2.26. The number of fused-ring (bicyclic) bond motifs is 2. The molecule has 0 bridgehead atoms. The second-order valence-electron chi connectivity index (χ2n) is 4.96. The zero-order valence-corrected chi connectivity index (χ0v) is 11.1. The van der Waals surface area contributed by atoms with Crippen molar-refractivity contribution in [3.05, 3.63) is 47.8 Å². The van der Waals surface area contributed by atoms with Crippen LogP contribution in [-0.4, -0.2) is 28.5 Å². The maximum Gasteiger partial charge on any atom is 0.179 e. The van der Waals surface area contributed by atoms with Gasteiger partial charge in [0.25, 0.3) is 0 Å². The molecule has 1 aliphatic heterocycles. The van der Waals surface area contributed by atoms with Gasteiger partial charge in [-0.15, -0.1) is 0 Å². The highest BCUT2D eigenvalue weighted by Crippen LogP contribution is 2.35. The molecule has 20 heavy (non-hydrogen) atoms. The number of hydrogen-bond donors (Lipinski definition) is 3. The molecule has 0 spiro atoms. The Morgan fingerprint density at radius 3 is 2.95 bits per heavy atom. The molecule has 3 aromatic rings. The molecule has 1 unspecified atom stereocenters. The predicted octanol–water partition coefficient (Wildman–Crippen LogP) is 2.56. The Bertz CT molecular complexity index is 777. The Balaban J connectivity index is 1.80. The smallest absolute Gasteiger partial charge is 0.179 e. The Hall–Kier alpha value is -2.56. The standard InChI is InChI=1S/C15H15N5/c1-16-13-7-6-12-15(19-13)20-14(18-12)10-8-17-11-5-3-2-4-9(10)11/h2-7,10,17H,8H2,1H3,(H2,16,18,19,20). The van der Waals surface area contributed by atoms with E-state index in [9.17, 15) is 0 Å². The number of H-pyrrole nitrogens is 1. The number of nitrogens with zero attached hydrogens (tertiary/aromatic N) is 2. The van der Waals surface area contributed by atoms with Crippen molar-refractivity contribution >= 4 is 22.7 Å². The quantitative estimate of drug-likeness (QED) is 0.666. The number of pyridine rings is 1. The van der Waals surface area contributed by atoms with Crippen LogP contribution < -0.4 is 10.6 Å². The molecule has 3 heterocycles. The Labute approximate surface area is 116 Å². The first-order valence-corrected chi connectivity index (χ1v) is 6.72. The van der Waals surface area contributed by atoms with Crippen LogP contribution in [0.15, 0.2) is 36.4 Å². The van der Waals surface area contributed by atoms with E-state index in [1.54, 1.807) is 0 Å². The molecule has 4 rings (SSSR count). The van der Waals surface area contributed by atoms with Gasteiger partial charge < -0.3 is 15.6 Å². The third-order valence-corrected chi connectivity index (χ3v) is 3.78. The summed E-state index contributed by atoms with van der Waals surface area (Å²) in [7, 11) is 1.86. The fourth-order valence-corrected chi connectivity index (χ4v) is 2.74. The van der Waals surface area contributed by atoms with Gasteiger partial charge in [0.1, 0.15) is 11.6 Å². The Kier molecular flexibility index (Phi) is 2.39.